The molecule has 0 bridgehead atoms. The van der Waals surface area contributed by atoms with Crippen LogP contribution < -0.4 is 5.32 Å². The number of aryl methyl sites for hydroxylation is 2. The van der Waals surface area contributed by atoms with Gasteiger partial charge < -0.3 is 9.73 Å². The van der Waals surface area contributed by atoms with Crippen LogP contribution in [-0.4, -0.2) is 10.9 Å². The Morgan fingerprint density at radius 2 is 1.91 bits per heavy atom. The zero-order chi connectivity index (χ0) is 15.7. The molecule has 0 aliphatic carbocycles. The van der Waals surface area contributed by atoms with Gasteiger partial charge in [0, 0.05) is 23.3 Å². The van der Waals surface area contributed by atoms with Crippen molar-refractivity contribution in [2.45, 2.75) is 26.8 Å². The van der Waals surface area contributed by atoms with Crippen molar-refractivity contribution >= 4 is 16.9 Å². The molecule has 1 aromatic carbocycles. The highest BCUT2D eigenvalue weighted by molar-refractivity contribution is 5.99. The summed E-state index contributed by atoms with van der Waals surface area (Å²) in [5.41, 5.74) is 3.74. The number of pyridine rings is 1. The van der Waals surface area contributed by atoms with E-state index in [1.54, 1.807) is 12.4 Å². The first-order valence-corrected chi connectivity index (χ1v) is 7.27. The third-order valence-corrected chi connectivity index (χ3v) is 3.85. The zero-order valence-corrected chi connectivity index (χ0v) is 12.9. The second-order valence-corrected chi connectivity index (χ2v) is 5.53. The van der Waals surface area contributed by atoms with Gasteiger partial charge in [0.05, 0.1) is 6.04 Å². The van der Waals surface area contributed by atoms with Crippen LogP contribution in [0.5, 0.6) is 0 Å². The predicted octanol–water partition coefficient (Wildman–Crippen LogP) is 3.94. The second-order valence-electron chi connectivity index (χ2n) is 5.53. The Labute approximate surface area is 129 Å². The third kappa shape index (κ3) is 2.60. The van der Waals surface area contributed by atoms with Gasteiger partial charge in [0.2, 0.25) is 0 Å². The molecule has 22 heavy (non-hydrogen) atoms. The molecule has 1 amide bonds. The lowest BCUT2D eigenvalue weighted by Gasteiger charge is -2.13. The number of amides is 1. The second kappa shape index (κ2) is 5.64. The van der Waals surface area contributed by atoms with Gasteiger partial charge >= 0.3 is 0 Å². The van der Waals surface area contributed by atoms with Gasteiger partial charge in [0.1, 0.15) is 5.58 Å². The van der Waals surface area contributed by atoms with Crippen molar-refractivity contribution in [1.29, 1.82) is 0 Å². The van der Waals surface area contributed by atoms with E-state index in [1.807, 2.05) is 51.1 Å². The van der Waals surface area contributed by atoms with E-state index in [0.29, 0.717) is 5.76 Å². The van der Waals surface area contributed by atoms with Crippen LogP contribution in [0.1, 0.15) is 40.2 Å². The molecule has 0 radical (unpaired) electrons. The third-order valence-electron chi connectivity index (χ3n) is 3.85. The van der Waals surface area contributed by atoms with E-state index in [-0.39, 0.29) is 11.9 Å². The Hall–Kier alpha value is -2.62. The molecular formula is C18H18N2O2. The van der Waals surface area contributed by atoms with Gasteiger partial charge in [-0.25, -0.2) is 0 Å². The molecule has 4 heteroatoms. The van der Waals surface area contributed by atoms with Crippen LogP contribution in [0.4, 0.5) is 0 Å². The molecule has 0 fully saturated rings. The van der Waals surface area contributed by atoms with E-state index < -0.39 is 0 Å². The predicted molar refractivity (Wildman–Crippen MR) is 85.8 cm³/mol. The van der Waals surface area contributed by atoms with E-state index in [1.165, 1.54) is 0 Å². The molecule has 2 heterocycles. The topological polar surface area (TPSA) is 55.1 Å². The van der Waals surface area contributed by atoms with Crippen molar-refractivity contribution in [3.8, 4) is 0 Å². The number of carbonyl (C=O) groups is 1. The van der Waals surface area contributed by atoms with E-state index >= 15 is 0 Å². The first-order chi connectivity index (χ1) is 10.6. The first-order valence-electron chi connectivity index (χ1n) is 7.27. The van der Waals surface area contributed by atoms with Crippen molar-refractivity contribution in [2.24, 2.45) is 0 Å². The lowest BCUT2D eigenvalue weighted by molar-refractivity contribution is 0.0913. The first kappa shape index (κ1) is 14.3. The lowest BCUT2D eigenvalue weighted by atomic mass is 10.1. The molecule has 1 N–H and O–H groups in total. The minimum Gasteiger partial charge on any atom is -0.451 e. The summed E-state index contributed by atoms with van der Waals surface area (Å²) in [7, 11) is 0. The maximum absolute atomic E-state index is 12.5. The van der Waals surface area contributed by atoms with Crippen LogP contribution in [0.3, 0.4) is 0 Å². The molecule has 112 valence electrons. The molecule has 0 aliphatic heterocycles. The van der Waals surface area contributed by atoms with Crippen LogP contribution in [0.15, 0.2) is 47.1 Å². The maximum Gasteiger partial charge on any atom is 0.287 e. The smallest absolute Gasteiger partial charge is 0.287 e. The lowest BCUT2D eigenvalue weighted by Crippen LogP contribution is -2.26. The van der Waals surface area contributed by atoms with Gasteiger partial charge in [-0.05, 0) is 50.1 Å². The summed E-state index contributed by atoms with van der Waals surface area (Å²) in [6.45, 7) is 5.85. The van der Waals surface area contributed by atoms with E-state index in [9.17, 15) is 4.79 Å². The number of nitrogens with one attached hydrogen (secondary N) is 1. The van der Waals surface area contributed by atoms with Gasteiger partial charge in [-0.15, -0.1) is 0 Å². The Kier molecular flexibility index (Phi) is 3.67. The Balaban J connectivity index is 1.88. The Morgan fingerprint density at radius 3 is 2.64 bits per heavy atom. The highest BCUT2D eigenvalue weighted by Gasteiger charge is 2.19. The summed E-state index contributed by atoms with van der Waals surface area (Å²) >= 11 is 0. The average molecular weight is 294 g/mol. The standard InChI is InChI=1S/C18H18N2O2/c1-11-4-5-15-12(2)17(22-16(15)10-11)18(21)20-13(3)14-6-8-19-9-7-14/h4-10,13H,1-3H3,(H,20,21)/t13-/m1/s1. The van der Waals surface area contributed by atoms with Gasteiger partial charge in [0.25, 0.3) is 5.91 Å². The number of fused-ring (bicyclic) bond motifs is 1. The number of rotatable bonds is 3. The number of hydrogen-bond acceptors (Lipinski definition) is 3. The number of hydrogen-bond donors (Lipinski definition) is 1. The van der Waals surface area contributed by atoms with Crippen LogP contribution in [0.2, 0.25) is 0 Å². The summed E-state index contributed by atoms with van der Waals surface area (Å²) < 4.78 is 5.75. The summed E-state index contributed by atoms with van der Waals surface area (Å²) in [5.74, 6) is 0.178. The van der Waals surface area contributed by atoms with Crippen LogP contribution in [0, 0.1) is 13.8 Å². The fourth-order valence-corrected chi connectivity index (χ4v) is 2.55. The molecule has 1 atom stereocenters. The van der Waals surface area contributed by atoms with Crippen molar-refractivity contribution in [3.63, 3.8) is 0 Å². The average Bonchev–Trinajstić information content (AvgIpc) is 2.84. The largest absolute Gasteiger partial charge is 0.451 e. The van der Waals surface area contributed by atoms with Gasteiger partial charge in [-0.2, -0.15) is 0 Å². The van der Waals surface area contributed by atoms with E-state index in [2.05, 4.69) is 10.3 Å². The van der Waals surface area contributed by atoms with Crippen molar-refractivity contribution in [2.75, 3.05) is 0 Å². The summed E-state index contributed by atoms with van der Waals surface area (Å²) in [6.07, 6.45) is 3.43. The molecule has 3 aromatic rings. The molecule has 0 unspecified atom stereocenters. The fourth-order valence-electron chi connectivity index (χ4n) is 2.55. The van der Waals surface area contributed by atoms with Crippen LogP contribution in [-0.2, 0) is 0 Å². The summed E-state index contributed by atoms with van der Waals surface area (Å²) in [4.78, 5) is 16.5. The number of carbonyl (C=O) groups excluding carboxylic acids is 1. The number of nitrogens with zero attached hydrogens (tertiary/aromatic N) is 1. The minimum atomic E-state index is -0.198. The normalized spacial score (nSPS) is 12.3. The van der Waals surface area contributed by atoms with Crippen LogP contribution in [0.25, 0.3) is 11.0 Å². The van der Waals surface area contributed by atoms with E-state index in [0.717, 1.165) is 27.7 Å². The molecular weight excluding hydrogens is 276 g/mol. The number of benzene rings is 1. The Morgan fingerprint density at radius 1 is 1.18 bits per heavy atom. The highest BCUT2D eigenvalue weighted by atomic mass is 16.3. The molecule has 3 rings (SSSR count). The number of furan rings is 1. The van der Waals surface area contributed by atoms with E-state index in [4.69, 9.17) is 4.42 Å². The molecule has 2 aromatic heterocycles. The van der Waals surface area contributed by atoms with Crippen molar-refractivity contribution in [1.82, 2.24) is 10.3 Å². The SMILES string of the molecule is Cc1ccc2c(C)c(C(=O)N[C@H](C)c3ccncc3)oc2c1. The molecule has 0 saturated heterocycles. The fraction of sp³-hybridized carbons (Fsp3) is 0.222. The minimum absolute atomic E-state index is 0.107. The number of aromatic nitrogens is 1. The maximum atomic E-state index is 12.5. The van der Waals surface area contributed by atoms with Crippen molar-refractivity contribution < 1.29 is 9.21 Å². The molecule has 4 nitrogen and oxygen atoms in total. The molecule has 0 saturated carbocycles. The van der Waals surface area contributed by atoms with Gasteiger partial charge in [-0.1, -0.05) is 12.1 Å². The molecule has 0 spiro atoms. The van der Waals surface area contributed by atoms with Gasteiger partial charge in [-0.3, -0.25) is 9.78 Å². The quantitative estimate of drug-likeness (QED) is 0.796. The summed E-state index contributed by atoms with van der Waals surface area (Å²) in [6, 6.07) is 9.63. The zero-order valence-electron chi connectivity index (χ0n) is 12.9. The Bertz CT molecular complexity index is 822. The van der Waals surface area contributed by atoms with Crippen molar-refractivity contribution in [3.05, 3.63) is 65.2 Å². The van der Waals surface area contributed by atoms with Gasteiger partial charge in [0.15, 0.2) is 5.76 Å². The monoisotopic (exact) mass is 294 g/mol. The molecule has 0 aliphatic rings. The summed E-state index contributed by atoms with van der Waals surface area (Å²) in [5, 5.41) is 3.95. The van der Waals surface area contributed by atoms with Crippen LogP contribution >= 0.6 is 0 Å². The highest BCUT2D eigenvalue weighted by Crippen LogP contribution is 2.26.